The summed E-state index contributed by atoms with van der Waals surface area (Å²) in [7, 11) is 0. The summed E-state index contributed by atoms with van der Waals surface area (Å²) in [6.07, 6.45) is 2.60. The van der Waals surface area contributed by atoms with Gasteiger partial charge in [0.1, 0.15) is 11.5 Å². The molecule has 208 valence electrons. The number of nitriles is 1. The average Bonchev–Trinajstić information content (AvgIpc) is 2.93. The molecule has 0 saturated carbocycles. The van der Waals surface area contributed by atoms with Crippen LogP contribution in [0.2, 0.25) is 0 Å². The molecule has 14 nitrogen and oxygen atoms in total. The molecule has 2 amide bonds. The third kappa shape index (κ3) is 6.04. The maximum Gasteiger partial charge on any atom is 0.291 e. The number of piperazine rings is 1. The van der Waals surface area contributed by atoms with Gasteiger partial charge in [0, 0.05) is 57.4 Å². The van der Waals surface area contributed by atoms with Crippen LogP contribution in [0.4, 0.5) is 17.5 Å². The summed E-state index contributed by atoms with van der Waals surface area (Å²) in [5, 5.41) is 11.2. The predicted molar refractivity (Wildman–Crippen MR) is 145 cm³/mol. The maximum absolute atomic E-state index is 12.9. The minimum absolute atomic E-state index is 0.0743. The molecule has 2 aromatic heterocycles. The Hall–Kier alpha value is -4.38. The number of nitrogens with two attached hydrogens (primary N) is 2. The Morgan fingerprint density at radius 1 is 1.15 bits per heavy atom. The SMILES string of the molecule is CCC1CN(c2nc(N)c(C(=O)NCCC#N)[nH]c2=O)CCN1C1CCN(C(=O)c2ccc(=O)[nH]c2N)CC1. The molecule has 0 spiro atoms. The standard InChI is InChI=1S/C25H34N10O4/c1-2-15-14-34(22-24(38)31-19(21(28)32-22)23(37)29-9-3-8-26)12-13-35(15)16-6-10-33(11-7-16)25(39)17-4-5-18(36)30-20(17)27/h4-5,15-16H,2-3,6-7,9-14H2,1H3,(H2,28,32)(H,29,37)(H,31,38)(H3,27,30,36). The highest BCUT2D eigenvalue weighted by molar-refractivity contribution is 5.98. The molecule has 2 saturated heterocycles. The molecule has 2 aliphatic heterocycles. The molecule has 0 aliphatic carbocycles. The molecule has 1 atom stereocenters. The molecule has 0 bridgehead atoms. The second-order valence-corrected chi connectivity index (χ2v) is 9.73. The highest BCUT2D eigenvalue weighted by Gasteiger charge is 2.35. The van der Waals surface area contributed by atoms with Crippen LogP contribution >= 0.6 is 0 Å². The van der Waals surface area contributed by atoms with Crippen LogP contribution in [0.15, 0.2) is 21.7 Å². The molecule has 14 heteroatoms. The lowest BCUT2D eigenvalue weighted by atomic mass is 9.97. The molecule has 39 heavy (non-hydrogen) atoms. The Morgan fingerprint density at radius 2 is 1.90 bits per heavy atom. The van der Waals surface area contributed by atoms with E-state index in [9.17, 15) is 19.2 Å². The lowest BCUT2D eigenvalue weighted by Crippen LogP contribution is -2.59. The van der Waals surface area contributed by atoms with E-state index in [4.69, 9.17) is 16.7 Å². The first kappa shape index (κ1) is 27.6. The van der Waals surface area contributed by atoms with Crippen molar-refractivity contribution in [1.82, 2.24) is 30.1 Å². The summed E-state index contributed by atoms with van der Waals surface area (Å²) < 4.78 is 0. The second-order valence-electron chi connectivity index (χ2n) is 9.73. The highest BCUT2D eigenvalue weighted by Crippen LogP contribution is 2.26. The molecule has 2 fully saturated rings. The number of nitrogens with zero attached hydrogens (tertiary/aromatic N) is 5. The maximum atomic E-state index is 12.9. The quantitative estimate of drug-likeness (QED) is 0.284. The topological polar surface area (TPSA) is 210 Å². The molecular formula is C25H34N10O4. The van der Waals surface area contributed by atoms with E-state index >= 15 is 0 Å². The van der Waals surface area contributed by atoms with Crippen LogP contribution in [0.25, 0.3) is 0 Å². The van der Waals surface area contributed by atoms with Crippen LogP contribution in [-0.2, 0) is 0 Å². The number of H-pyrrole nitrogens is 2. The van der Waals surface area contributed by atoms with Gasteiger partial charge in [-0.05, 0) is 25.3 Å². The molecular weight excluding hydrogens is 504 g/mol. The molecule has 7 N–H and O–H groups in total. The first-order chi connectivity index (χ1) is 18.7. The van der Waals surface area contributed by atoms with Gasteiger partial charge in [0.05, 0.1) is 18.1 Å². The van der Waals surface area contributed by atoms with E-state index in [0.717, 1.165) is 19.3 Å². The number of pyridine rings is 1. The first-order valence-electron chi connectivity index (χ1n) is 13.1. The molecule has 1 unspecified atom stereocenters. The molecule has 0 aromatic carbocycles. The third-order valence-electron chi connectivity index (χ3n) is 7.37. The van der Waals surface area contributed by atoms with E-state index in [2.05, 4.69) is 32.1 Å². The van der Waals surface area contributed by atoms with Gasteiger partial charge >= 0.3 is 0 Å². The van der Waals surface area contributed by atoms with Crippen molar-refractivity contribution in [3.63, 3.8) is 0 Å². The zero-order valence-corrected chi connectivity index (χ0v) is 21.9. The fourth-order valence-corrected chi connectivity index (χ4v) is 5.32. The number of amides is 2. The predicted octanol–water partition coefficient (Wildman–Crippen LogP) is -0.529. The summed E-state index contributed by atoms with van der Waals surface area (Å²) >= 11 is 0. The van der Waals surface area contributed by atoms with Crippen LogP contribution in [0.1, 0.15) is 53.5 Å². The van der Waals surface area contributed by atoms with E-state index in [1.165, 1.54) is 12.1 Å². The van der Waals surface area contributed by atoms with Crippen molar-refractivity contribution < 1.29 is 9.59 Å². The number of hydrogen-bond acceptors (Lipinski definition) is 10. The summed E-state index contributed by atoms with van der Waals surface area (Å²) in [6.45, 7) is 5.25. The summed E-state index contributed by atoms with van der Waals surface area (Å²) in [5.74, 6) is -0.589. The fourth-order valence-electron chi connectivity index (χ4n) is 5.32. The Kier molecular flexibility index (Phi) is 8.50. The largest absolute Gasteiger partial charge is 0.385 e. The van der Waals surface area contributed by atoms with E-state index < -0.39 is 11.5 Å². The number of piperidine rings is 1. The number of nitrogens with one attached hydrogen (secondary N) is 3. The van der Waals surface area contributed by atoms with Gasteiger partial charge < -0.3 is 36.6 Å². The molecule has 4 heterocycles. The lowest BCUT2D eigenvalue weighted by Gasteiger charge is -2.47. The van der Waals surface area contributed by atoms with Crippen LogP contribution in [-0.4, -0.2) is 87.9 Å². The number of rotatable bonds is 7. The zero-order chi connectivity index (χ0) is 28.1. The number of aromatic nitrogens is 3. The Labute approximate surface area is 225 Å². The Bertz CT molecular complexity index is 1370. The van der Waals surface area contributed by atoms with Crippen molar-refractivity contribution in [2.45, 2.75) is 44.7 Å². The van der Waals surface area contributed by atoms with Crippen molar-refractivity contribution in [1.29, 1.82) is 5.26 Å². The van der Waals surface area contributed by atoms with Crippen molar-refractivity contribution in [2.75, 3.05) is 55.6 Å². The van der Waals surface area contributed by atoms with Crippen molar-refractivity contribution in [2.24, 2.45) is 0 Å². The number of carbonyl (C=O) groups excluding carboxylic acids is 2. The monoisotopic (exact) mass is 538 g/mol. The van der Waals surface area contributed by atoms with Gasteiger partial charge in [-0.1, -0.05) is 6.92 Å². The summed E-state index contributed by atoms with van der Waals surface area (Å²) in [5.41, 5.74) is 11.2. The van der Waals surface area contributed by atoms with Crippen molar-refractivity contribution in [3.05, 3.63) is 44.1 Å². The summed E-state index contributed by atoms with van der Waals surface area (Å²) in [4.78, 5) is 64.9. The van der Waals surface area contributed by atoms with E-state index in [1.54, 1.807) is 4.90 Å². The van der Waals surface area contributed by atoms with Gasteiger partial charge in [-0.2, -0.15) is 5.26 Å². The van der Waals surface area contributed by atoms with Gasteiger partial charge in [0.15, 0.2) is 11.6 Å². The second kappa shape index (κ2) is 12.0. The van der Waals surface area contributed by atoms with E-state index in [1.807, 2.05) is 11.0 Å². The number of hydrogen-bond donors (Lipinski definition) is 5. The number of aromatic amines is 2. The van der Waals surface area contributed by atoms with Crippen LogP contribution in [0.5, 0.6) is 0 Å². The molecule has 2 aromatic rings. The van der Waals surface area contributed by atoms with Gasteiger partial charge in [-0.3, -0.25) is 24.1 Å². The minimum atomic E-state index is -0.580. The number of likely N-dealkylation sites (tertiary alicyclic amines) is 1. The van der Waals surface area contributed by atoms with Gasteiger partial charge in [-0.25, -0.2) is 4.98 Å². The number of nitrogen functional groups attached to an aromatic ring is 2. The summed E-state index contributed by atoms with van der Waals surface area (Å²) in [6, 6.07) is 5.14. The van der Waals surface area contributed by atoms with Crippen molar-refractivity contribution >= 4 is 29.3 Å². The Balaban J connectivity index is 1.38. The van der Waals surface area contributed by atoms with Crippen LogP contribution < -0.4 is 32.8 Å². The zero-order valence-electron chi connectivity index (χ0n) is 21.9. The first-order valence-corrected chi connectivity index (χ1v) is 13.1. The normalized spacial score (nSPS) is 18.5. The van der Waals surface area contributed by atoms with Crippen molar-refractivity contribution in [3.8, 4) is 6.07 Å². The number of anilines is 3. The molecule has 2 aliphatic rings. The minimum Gasteiger partial charge on any atom is -0.385 e. The highest BCUT2D eigenvalue weighted by atomic mass is 16.2. The lowest BCUT2D eigenvalue weighted by molar-refractivity contribution is 0.0491. The van der Waals surface area contributed by atoms with Crippen LogP contribution in [0.3, 0.4) is 0 Å². The van der Waals surface area contributed by atoms with Gasteiger partial charge in [0.2, 0.25) is 5.56 Å². The molecule has 4 rings (SSSR count). The van der Waals surface area contributed by atoms with E-state index in [0.29, 0.717) is 38.3 Å². The molecule has 0 radical (unpaired) electrons. The van der Waals surface area contributed by atoms with Crippen LogP contribution in [0, 0.1) is 11.3 Å². The smallest absolute Gasteiger partial charge is 0.291 e. The van der Waals surface area contributed by atoms with E-state index in [-0.39, 0.29) is 59.7 Å². The average molecular weight is 539 g/mol. The third-order valence-corrected chi connectivity index (χ3v) is 7.37. The van der Waals surface area contributed by atoms with Gasteiger partial charge in [0.25, 0.3) is 17.4 Å². The Morgan fingerprint density at radius 3 is 2.56 bits per heavy atom. The van der Waals surface area contributed by atoms with Gasteiger partial charge in [-0.15, -0.1) is 0 Å². The number of carbonyl (C=O) groups is 2. The fraction of sp³-hybridized carbons (Fsp3) is 0.520.